The Morgan fingerprint density at radius 3 is 2.58 bits per heavy atom. The van der Waals surface area contributed by atoms with E-state index in [-0.39, 0.29) is 11.6 Å². The van der Waals surface area contributed by atoms with Gasteiger partial charge in [-0.15, -0.1) is 0 Å². The van der Waals surface area contributed by atoms with Crippen LogP contribution in [0.25, 0.3) is 10.9 Å². The number of anilines is 1. The van der Waals surface area contributed by atoms with Crippen molar-refractivity contribution in [3.05, 3.63) is 95.4 Å². The zero-order chi connectivity index (χ0) is 21.8. The van der Waals surface area contributed by atoms with Crippen LogP contribution in [0.15, 0.2) is 66.9 Å². The van der Waals surface area contributed by atoms with Crippen LogP contribution in [-0.2, 0) is 13.0 Å². The Morgan fingerprint density at radius 1 is 1.06 bits per heavy atom. The number of H-pyrrole nitrogens is 1. The third-order valence-corrected chi connectivity index (χ3v) is 5.54. The standard InChI is InChI=1S/C24H22F2N4S/c1-16-21(22-14-18(26)7-10-23(22)28-16)11-13-30(15-20-4-2-3-12-27-20)24(31)29-19-8-5-17(25)6-9-19/h2-10,12,14,28H,11,13,15H2,1H3,(H,29,31). The average Bonchev–Trinajstić information content (AvgIpc) is 3.07. The van der Waals surface area contributed by atoms with Crippen LogP contribution in [0.1, 0.15) is 17.0 Å². The van der Waals surface area contributed by atoms with E-state index in [1.807, 2.05) is 30.0 Å². The number of hydrogen-bond donors (Lipinski definition) is 2. The van der Waals surface area contributed by atoms with Gasteiger partial charge in [0.2, 0.25) is 0 Å². The summed E-state index contributed by atoms with van der Waals surface area (Å²) in [5.74, 6) is -0.560. The van der Waals surface area contributed by atoms with Crippen molar-refractivity contribution >= 4 is 33.9 Å². The third kappa shape index (κ3) is 5.06. The Bertz CT molecular complexity index is 1190. The predicted octanol–water partition coefficient (Wildman–Crippen LogP) is 5.59. The minimum Gasteiger partial charge on any atom is -0.358 e. The first-order valence-corrected chi connectivity index (χ1v) is 10.4. The lowest BCUT2D eigenvalue weighted by atomic mass is 10.1. The van der Waals surface area contributed by atoms with Crippen LogP contribution in [-0.4, -0.2) is 26.5 Å². The zero-order valence-corrected chi connectivity index (χ0v) is 17.8. The monoisotopic (exact) mass is 436 g/mol. The molecule has 2 heterocycles. The minimum atomic E-state index is -0.302. The van der Waals surface area contributed by atoms with Crippen molar-refractivity contribution in [2.75, 3.05) is 11.9 Å². The van der Waals surface area contributed by atoms with Crippen LogP contribution in [0, 0.1) is 18.6 Å². The lowest BCUT2D eigenvalue weighted by molar-refractivity contribution is 0.417. The van der Waals surface area contributed by atoms with Crippen molar-refractivity contribution in [2.24, 2.45) is 0 Å². The van der Waals surface area contributed by atoms with Gasteiger partial charge in [0.15, 0.2) is 5.11 Å². The van der Waals surface area contributed by atoms with E-state index >= 15 is 0 Å². The molecular weight excluding hydrogens is 414 g/mol. The van der Waals surface area contributed by atoms with Gasteiger partial charge in [-0.2, -0.15) is 0 Å². The van der Waals surface area contributed by atoms with Crippen molar-refractivity contribution in [2.45, 2.75) is 19.9 Å². The number of nitrogens with zero attached hydrogens (tertiary/aromatic N) is 2. The fraction of sp³-hybridized carbons (Fsp3) is 0.167. The molecule has 2 N–H and O–H groups in total. The van der Waals surface area contributed by atoms with Gasteiger partial charge >= 0.3 is 0 Å². The Morgan fingerprint density at radius 2 is 1.84 bits per heavy atom. The molecule has 0 unspecified atom stereocenters. The molecule has 0 saturated heterocycles. The Kier molecular flexibility index (Phi) is 6.23. The number of hydrogen-bond acceptors (Lipinski definition) is 2. The van der Waals surface area contributed by atoms with Gasteiger partial charge in [-0.05, 0) is 85.7 Å². The van der Waals surface area contributed by atoms with Gasteiger partial charge in [0, 0.05) is 35.0 Å². The van der Waals surface area contributed by atoms with E-state index in [2.05, 4.69) is 15.3 Å². The largest absolute Gasteiger partial charge is 0.358 e. The fourth-order valence-electron chi connectivity index (χ4n) is 3.60. The summed E-state index contributed by atoms with van der Waals surface area (Å²) in [5, 5.41) is 4.57. The first kappa shape index (κ1) is 20.9. The fourth-order valence-corrected chi connectivity index (χ4v) is 3.87. The molecule has 0 aliphatic heterocycles. The number of fused-ring (bicyclic) bond motifs is 1. The summed E-state index contributed by atoms with van der Waals surface area (Å²) in [6.07, 6.45) is 2.42. The number of thiocarbonyl (C=S) groups is 1. The van der Waals surface area contributed by atoms with Gasteiger partial charge < -0.3 is 15.2 Å². The number of rotatable bonds is 6. The van der Waals surface area contributed by atoms with Crippen LogP contribution >= 0.6 is 12.2 Å². The molecule has 0 aliphatic carbocycles. The van der Waals surface area contributed by atoms with Crippen LogP contribution in [0.3, 0.4) is 0 Å². The maximum atomic E-state index is 13.8. The predicted molar refractivity (Wildman–Crippen MR) is 124 cm³/mol. The van der Waals surface area contributed by atoms with Gasteiger partial charge in [0.1, 0.15) is 11.6 Å². The zero-order valence-electron chi connectivity index (χ0n) is 17.0. The molecule has 158 valence electrons. The highest BCUT2D eigenvalue weighted by Crippen LogP contribution is 2.24. The van der Waals surface area contributed by atoms with Gasteiger partial charge in [0.25, 0.3) is 0 Å². The summed E-state index contributed by atoms with van der Waals surface area (Å²) >= 11 is 5.66. The summed E-state index contributed by atoms with van der Waals surface area (Å²) in [5.41, 5.74) is 4.58. The van der Waals surface area contributed by atoms with Crippen molar-refractivity contribution in [3.8, 4) is 0 Å². The quantitative estimate of drug-likeness (QED) is 0.387. The van der Waals surface area contributed by atoms with Crippen molar-refractivity contribution in [3.63, 3.8) is 0 Å². The van der Waals surface area contributed by atoms with Gasteiger partial charge in [-0.1, -0.05) is 6.07 Å². The number of benzene rings is 2. The number of nitrogens with one attached hydrogen (secondary N) is 2. The first-order chi connectivity index (χ1) is 15.0. The van der Waals surface area contributed by atoms with E-state index < -0.39 is 0 Å². The smallest absolute Gasteiger partial charge is 0.173 e. The molecule has 4 nitrogen and oxygen atoms in total. The summed E-state index contributed by atoms with van der Waals surface area (Å²) in [6.45, 7) is 3.11. The van der Waals surface area contributed by atoms with E-state index in [0.29, 0.717) is 30.3 Å². The van der Waals surface area contributed by atoms with Gasteiger partial charge in [0.05, 0.1) is 12.2 Å². The highest BCUT2D eigenvalue weighted by atomic mass is 32.1. The Labute approximate surface area is 184 Å². The molecule has 31 heavy (non-hydrogen) atoms. The van der Waals surface area contributed by atoms with Crippen molar-refractivity contribution in [1.82, 2.24) is 14.9 Å². The van der Waals surface area contributed by atoms with E-state index in [0.717, 1.165) is 27.9 Å². The molecule has 0 aliphatic rings. The Hall–Kier alpha value is -3.32. The topological polar surface area (TPSA) is 44.0 Å². The normalized spacial score (nSPS) is 10.9. The lowest BCUT2D eigenvalue weighted by Crippen LogP contribution is -2.36. The van der Waals surface area contributed by atoms with Gasteiger partial charge in [-0.25, -0.2) is 8.78 Å². The SMILES string of the molecule is Cc1[nH]c2ccc(F)cc2c1CCN(Cc1ccccn1)C(=S)Nc1ccc(F)cc1. The molecule has 2 aromatic carbocycles. The molecule has 0 amide bonds. The molecule has 0 fully saturated rings. The molecule has 0 spiro atoms. The third-order valence-electron chi connectivity index (χ3n) is 5.17. The number of pyridine rings is 1. The lowest BCUT2D eigenvalue weighted by Gasteiger charge is -2.26. The molecule has 0 atom stereocenters. The highest BCUT2D eigenvalue weighted by Gasteiger charge is 2.15. The first-order valence-electron chi connectivity index (χ1n) is 9.98. The molecule has 0 bridgehead atoms. The van der Waals surface area contributed by atoms with Crippen LogP contribution in [0.4, 0.5) is 14.5 Å². The van der Waals surface area contributed by atoms with Crippen molar-refractivity contribution < 1.29 is 8.78 Å². The van der Waals surface area contributed by atoms with Crippen molar-refractivity contribution in [1.29, 1.82) is 0 Å². The molecule has 0 saturated carbocycles. The second-order valence-electron chi connectivity index (χ2n) is 7.35. The number of aryl methyl sites for hydroxylation is 1. The summed E-state index contributed by atoms with van der Waals surface area (Å²) in [4.78, 5) is 9.74. The summed E-state index contributed by atoms with van der Waals surface area (Å²) < 4.78 is 27.1. The second kappa shape index (κ2) is 9.22. The molecule has 0 radical (unpaired) electrons. The highest BCUT2D eigenvalue weighted by molar-refractivity contribution is 7.80. The van der Waals surface area contributed by atoms with Crippen LogP contribution < -0.4 is 5.32 Å². The molecule has 4 aromatic rings. The maximum absolute atomic E-state index is 13.8. The number of aromatic amines is 1. The molecule has 4 rings (SSSR count). The molecule has 7 heteroatoms. The van der Waals surface area contributed by atoms with Crippen LogP contribution in [0.2, 0.25) is 0 Å². The van der Waals surface area contributed by atoms with E-state index in [9.17, 15) is 8.78 Å². The minimum absolute atomic E-state index is 0.258. The van der Waals surface area contributed by atoms with E-state index in [1.54, 1.807) is 30.5 Å². The van der Waals surface area contributed by atoms with Crippen LogP contribution in [0.5, 0.6) is 0 Å². The summed E-state index contributed by atoms with van der Waals surface area (Å²) in [7, 11) is 0. The molecule has 2 aromatic heterocycles. The maximum Gasteiger partial charge on any atom is 0.173 e. The summed E-state index contributed by atoms with van der Waals surface area (Å²) in [6, 6.07) is 16.6. The number of aromatic nitrogens is 2. The average molecular weight is 437 g/mol. The second-order valence-corrected chi connectivity index (χ2v) is 7.73. The Balaban J connectivity index is 1.55. The van der Waals surface area contributed by atoms with E-state index in [1.165, 1.54) is 18.2 Å². The molecular formula is C24H22F2N4S. The number of halogens is 2. The van der Waals surface area contributed by atoms with E-state index in [4.69, 9.17) is 12.2 Å². The van der Waals surface area contributed by atoms with Gasteiger partial charge in [-0.3, -0.25) is 4.98 Å².